The molecule has 1 aliphatic heterocycles. The predicted molar refractivity (Wildman–Crippen MR) is 123 cm³/mol. The number of halogens is 2. The van der Waals surface area contributed by atoms with Gasteiger partial charge in [0.15, 0.2) is 5.11 Å². The van der Waals surface area contributed by atoms with Crippen molar-refractivity contribution in [3.8, 4) is 5.75 Å². The zero-order valence-corrected chi connectivity index (χ0v) is 18.6. The summed E-state index contributed by atoms with van der Waals surface area (Å²) in [6.07, 6.45) is 0.934. The molecule has 162 valence electrons. The van der Waals surface area contributed by atoms with Crippen LogP contribution in [0.25, 0.3) is 0 Å². The summed E-state index contributed by atoms with van der Waals surface area (Å²) < 4.78 is 24.4. The largest absolute Gasteiger partial charge is 0.497 e. The Labute approximate surface area is 187 Å². The third kappa shape index (κ3) is 6.80. The minimum atomic E-state index is -0.254. The normalized spacial score (nSPS) is 14.4. The molecule has 3 rings (SSSR count). The van der Waals surface area contributed by atoms with E-state index >= 15 is 0 Å². The average Bonchev–Trinajstić information content (AvgIpc) is 2.75. The van der Waals surface area contributed by atoms with Crippen molar-refractivity contribution < 1.29 is 13.9 Å². The molecular weight excluding hydrogens is 425 g/mol. The van der Waals surface area contributed by atoms with Crippen LogP contribution in [0.1, 0.15) is 12.0 Å². The zero-order valence-electron chi connectivity index (χ0n) is 17.1. The van der Waals surface area contributed by atoms with Gasteiger partial charge in [-0.3, -0.25) is 4.90 Å². The number of nitrogens with zero attached hydrogens (tertiary/aromatic N) is 2. The number of anilines is 1. The van der Waals surface area contributed by atoms with Gasteiger partial charge in [-0.05, 0) is 48.5 Å². The summed E-state index contributed by atoms with van der Waals surface area (Å²) in [5.41, 5.74) is 1.54. The molecule has 0 unspecified atom stereocenters. The van der Waals surface area contributed by atoms with E-state index in [0.29, 0.717) is 28.1 Å². The molecule has 0 bridgehead atoms. The maximum atomic E-state index is 13.7. The first-order valence-electron chi connectivity index (χ1n) is 9.99. The van der Waals surface area contributed by atoms with Crippen LogP contribution in [-0.2, 0) is 11.3 Å². The van der Waals surface area contributed by atoms with Crippen molar-refractivity contribution in [3.05, 3.63) is 58.9 Å². The fourth-order valence-electron chi connectivity index (χ4n) is 3.34. The minimum absolute atomic E-state index is 0.254. The molecule has 0 aliphatic carbocycles. The number of methoxy groups -OCH3 is 1. The average molecular weight is 452 g/mol. The van der Waals surface area contributed by atoms with Gasteiger partial charge in [0.25, 0.3) is 0 Å². The van der Waals surface area contributed by atoms with Gasteiger partial charge in [-0.1, -0.05) is 23.7 Å². The molecular formula is C22H27ClFN3O2S. The van der Waals surface area contributed by atoms with Gasteiger partial charge in [-0.15, -0.1) is 0 Å². The highest BCUT2D eigenvalue weighted by Gasteiger charge is 2.15. The molecule has 0 saturated carbocycles. The molecule has 1 N–H and O–H groups in total. The van der Waals surface area contributed by atoms with Gasteiger partial charge in [-0.2, -0.15) is 0 Å². The van der Waals surface area contributed by atoms with E-state index in [0.717, 1.165) is 51.4 Å². The van der Waals surface area contributed by atoms with Crippen LogP contribution >= 0.6 is 23.8 Å². The summed E-state index contributed by atoms with van der Waals surface area (Å²) in [7, 11) is 1.60. The molecule has 0 aromatic heterocycles. The summed E-state index contributed by atoms with van der Waals surface area (Å²) in [6.45, 7) is 5.67. The molecule has 1 fully saturated rings. The predicted octanol–water partition coefficient (Wildman–Crippen LogP) is 4.41. The van der Waals surface area contributed by atoms with Gasteiger partial charge in [0.2, 0.25) is 0 Å². The second kappa shape index (κ2) is 11.5. The highest BCUT2D eigenvalue weighted by molar-refractivity contribution is 7.80. The molecule has 1 aliphatic rings. The smallest absolute Gasteiger partial charge is 0.173 e. The van der Waals surface area contributed by atoms with Crippen LogP contribution in [0.3, 0.4) is 0 Å². The summed E-state index contributed by atoms with van der Waals surface area (Å²) in [5.74, 6) is 0.434. The maximum Gasteiger partial charge on any atom is 0.173 e. The number of nitrogens with one attached hydrogen (secondary N) is 1. The maximum absolute atomic E-state index is 13.7. The van der Waals surface area contributed by atoms with E-state index in [4.69, 9.17) is 33.3 Å². The lowest BCUT2D eigenvalue weighted by molar-refractivity contribution is 0.0368. The minimum Gasteiger partial charge on any atom is -0.497 e. The Morgan fingerprint density at radius 3 is 2.80 bits per heavy atom. The van der Waals surface area contributed by atoms with Crippen LogP contribution in [-0.4, -0.2) is 61.4 Å². The van der Waals surface area contributed by atoms with Crippen molar-refractivity contribution in [3.63, 3.8) is 0 Å². The highest BCUT2D eigenvalue weighted by atomic mass is 35.5. The van der Waals surface area contributed by atoms with Crippen molar-refractivity contribution in [1.82, 2.24) is 9.80 Å². The number of thiocarbonyl (C=S) groups is 1. The molecule has 1 heterocycles. The third-order valence-electron chi connectivity index (χ3n) is 4.97. The molecule has 5 nitrogen and oxygen atoms in total. The number of rotatable bonds is 8. The quantitative estimate of drug-likeness (QED) is 0.599. The van der Waals surface area contributed by atoms with Crippen LogP contribution in [0, 0.1) is 5.82 Å². The third-order valence-corrected chi connectivity index (χ3v) is 5.66. The van der Waals surface area contributed by atoms with Crippen molar-refractivity contribution >= 4 is 34.6 Å². The molecule has 1 saturated heterocycles. The SMILES string of the molecule is COc1ccc(Cl)c(NC(=S)N(CCCN2CCOCC2)Cc2cccc(F)c2)c1. The van der Waals surface area contributed by atoms with Gasteiger partial charge >= 0.3 is 0 Å². The van der Waals surface area contributed by atoms with Gasteiger partial charge in [-0.25, -0.2) is 4.39 Å². The van der Waals surface area contributed by atoms with Crippen molar-refractivity contribution in [2.24, 2.45) is 0 Å². The number of morpholine rings is 1. The first-order chi connectivity index (χ1) is 14.5. The lowest BCUT2D eigenvalue weighted by Crippen LogP contribution is -2.40. The standard InChI is InChI=1S/C22H27ClFN3O2S/c1-28-19-6-7-20(23)21(15-19)25-22(30)27(16-17-4-2-5-18(24)14-17)9-3-8-26-10-12-29-13-11-26/h2,4-7,14-15H,3,8-13,16H2,1H3,(H,25,30). The fourth-order valence-corrected chi connectivity index (χ4v) is 3.77. The first kappa shape index (κ1) is 22.7. The molecule has 0 spiro atoms. The summed E-state index contributed by atoms with van der Waals surface area (Å²) in [5, 5.41) is 4.32. The van der Waals surface area contributed by atoms with Crippen LogP contribution in [0.5, 0.6) is 5.75 Å². The summed E-state index contributed by atoms with van der Waals surface area (Å²) in [4.78, 5) is 4.43. The van der Waals surface area contributed by atoms with E-state index in [2.05, 4.69) is 10.2 Å². The van der Waals surface area contributed by atoms with Crippen LogP contribution in [0.4, 0.5) is 10.1 Å². The topological polar surface area (TPSA) is 37.0 Å². The first-order valence-corrected chi connectivity index (χ1v) is 10.8. The molecule has 30 heavy (non-hydrogen) atoms. The Morgan fingerprint density at radius 1 is 1.27 bits per heavy atom. The van der Waals surface area contributed by atoms with Crippen LogP contribution in [0.15, 0.2) is 42.5 Å². The van der Waals surface area contributed by atoms with E-state index in [1.54, 1.807) is 25.3 Å². The van der Waals surface area contributed by atoms with Gasteiger partial charge in [0.1, 0.15) is 11.6 Å². The van der Waals surface area contributed by atoms with E-state index in [-0.39, 0.29) is 5.82 Å². The molecule has 8 heteroatoms. The molecule has 2 aromatic rings. The number of hydrogen-bond acceptors (Lipinski definition) is 4. The Bertz CT molecular complexity index is 849. The van der Waals surface area contributed by atoms with E-state index in [1.807, 2.05) is 17.0 Å². The number of benzene rings is 2. The Hall–Kier alpha value is -1.93. The number of hydrogen-bond donors (Lipinski definition) is 1. The van der Waals surface area contributed by atoms with Gasteiger partial charge in [0, 0.05) is 38.8 Å². The summed E-state index contributed by atoms with van der Waals surface area (Å²) >= 11 is 12.0. The Morgan fingerprint density at radius 2 is 2.07 bits per heavy atom. The van der Waals surface area contributed by atoms with Crippen molar-refractivity contribution in [1.29, 1.82) is 0 Å². The number of ether oxygens (including phenoxy) is 2. The second-order valence-corrected chi connectivity index (χ2v) is 7.93. The van der Waals surface area contributed by atoms with E-state index in [9.17, 15) is 4.39 Å². The van der Waals surface area contributed by atoms with E-state index in [1.165, 1.54) is 12.1 Å². The fraction of sp³-hybridized carbons (Fsp3) is 0.409. The van der Waals surface area contributed by atoms with E-state index < -0.39 is 0 Å². The molecule has 2 aromatic carbocycles. The zero-order chi connectivity index (χ0) is 21.3. The lowest BCUT2D eigenvalue weighted by atomic mass is 10.2. The lowest BCUT2D eigenvalue weighted by Gasteiger charge is -2.30. The van der Waals surface area contributed by atoms with Gasteiger partial charge < -0.3 is 19.7 Å². The molecule has 0 atom stereocenters. The highest BCUT2D eigenvalue weighted by Crippen LogP contribution is 2.27. The second-order valence-electron chi connectivity index (χ2n) is 7.13. The molecule has 0 amide bonds. The monoisotopic (exact) mass is 451 g/mol. The van der Waals surface area contributed by atoms with Crippen molar-refractivity contribution in [2.75, 3.05) is 51.8 Å². The Kier molecular flexibility index (Phi) is 8.69. The van der Waals surface area contributed by atoms with Crippen LogP contribution < -0.4 is 10.1 Å². The molecule has 0 radical (unpaired) electrons. The van der Waals surface area contributed by atoms with Gasteiger partial charge in [0.05, 0.1) is 31.0 Å². The van der Waals surface area contributed by atoms with Crippen LogP contribution in [0.2, 0.25) is 5.02 Å². The van der Waals surface area contributed by atoms with Crippen molar-refractivity contribution in [2.45, 2.75) is 13.0 Å². The summed E-state index contributed by atoms with van der Waals surface area (Å²) in [6, 6.07) is 12.0. The Balaban J connectivity index is 1.67.